The summed E-state index contributed by atoms with van der Waals surface area (Å²) in [5, 5.41) is 7.73. The zero-order chi connectivity index (χ0) is 37.3. The van der Waals surface area contributed by atoms with Crippen LogP contribution >= 0.6 is 0 Å². The summed E-state index contributed by atoms with van der Waals surface area (Å²) in [7, 11) is 0. The second-order valence-electron chi connectivity index (χ2n) is 13.9. The third-order valence-electron chi connectivity index (χ3n) is 10.6. The van der Waals surface area contributed by atoms with Gasteiger partial charge in [0.1, 0.15) is 5.69 Å². The summed E-state index contributed by atoms with van der Waals surface area (Å²) in [6.07, 6.45) is 0. The summed E-state index contributed by atoms with van der Waals surface area (Å²) in [6.45, 7) is 0. The molecular formula is C53H37N3. The topological polar surface area (TPSA) is 20.5 Å². The summed E-state index contributed by atoms with van der Waals surface area (Å²) in [5.74, 6) is 0. The van der Waals surface area contributed by atoms with E-state index in [2.05, 4.69) is 234 Å². The van der Waals surface area contributed by atoms with Crippen molar-refractivity contribution in [3.8, 4) is 55.9 Å². The maximum atomic E-state index is 5.47. The first kappa shape index (κ1) is 33.1. The molecule has 2 aromatic heterocycles. The van der Waals surface area contributed by atoms with Crippen LogP contribution in [0.2, 0.25) is 0 Å². The van der Waals surface area contributed by atoms with Gasteiger partial charge in [-0.25, -0.2) is 4.52 Å². The number of nitrogens with zero attached hydrogens (tertiary/aromatic N) is 3. The van der Waals surface area contributed by atoms with Gasteiger partial charge >= 0.3 is 0 Å². The van der Waals surface area contributed by atoms with Gasteiger partial charge in [0.2, 0.25) is 0 Å². The van der Waals surface area contributed by atoms with Crippen LogP contribution in [-0.2, 0) is 0 Å². The quantitative estimate of drug-likeness (QED) is 0.156. The first-order valence-electron chi connectivity index (χ1n) is 19.1. The highest BCUT2D eigenvalue weighted by molar-refractivity contribution is 6.13. The Hall–Kier alpha value is -7.49. The number of fused-ring (bicyclic) bond motifs is 3. The van der Waals surface area contributed by atoms with Crippen LogP contribution in [0, 0.1) is 0 Å². The fraction of sp³-hybridized carbons (Fsp3) is 0. The van der Waals surface area contributed by atoms with Gasteiger partial charge in [0.15, 0.2) is 0 Å². The van der Waals surface area contributed by atoms with Gasteiger partial charge in [-0.15, -0.1) is 0 Å². The molecule has 10 rings (SSSR count). The number of anilines is 3. The minimum atomic E-state index is 0.953. The average molecular weight is 716 g/mol. The van der Waals surface area contributed by atoms with Gasteiger partial charge in [-0.3, -0.25) is 0 Å². The normalized spacial score (nSPS) is 11.2. The molecule has 8 aromatic carbocycles. The molecule has 3 heteroatoms. The molecule has 0 saturated heterocycles. The van der Waals surface area contributed by atoms with Crippen molar-refractivity contribution in [3.05, 3.63) is 224 Å². The molecule has 0 atom stereocenters. The molecule has 2 heterocycles. The second kappa shape index (κ2) is 14.4. The maximum absolute atomic E-state index is 5.47. The van der Waals surface area contributed by atoms with Gasteiger partial charge in [0.05, 0.1) is 22.6 Å². The minimum Gasteiger partial charge on any atom is -0.309 e. The van der Waals surface area contributed by atoms with E-state index in [1.807, 2.05) is 0 Å². The van der Waals surface area contributed by atoms with Crippen molar-refractivity contribution in [1.82, 2.24) is 9.61 Å². The number of aromatic nitrogens is 2. The molecule has 0 aliphatic rings. The summed E-state index contributed by atoms with van der Waals surface area (Å²) >= 11 is 0. The van der Waals surface area contributed by atoms with E-state index in [0.717, 1.165) is 72.6 Å². The Kier molecular flexibility index (Phi) is 8.51. The van der Waals surface area contributed by atoms with Crippen molar-refractivity contribution < 1.29 is 0 Å². The Morgan fingerprint density at radius 1 is 0.357 bits per heavy atom. The zero-order valence-corrected chi connectivity index (χ0v) is 30.7. The summed E-state index contributed by atoms with van der Waals surface area (Å²) < 4.78 is 2.17. The number of pyridine rings is 1. The Morgan fingerprint density at radius 2 is 0.857 bits per heavy atom. The predicted molar refractivity (Wildman–Crippen MR) is 235 cm³/mol. The van der Waals surface area contributed by atoms with Crippen molar-refractivity contribution in [2.75, 3.05) is 4.90 Å². The Morgan fingerprint density at radius 3 is 1.52 bits per heavy atom. The molecule has 0 spiro atoms. The van der Waals surface area contributed by atoms with E-state index in [1.54, 1.807) is 0 Å². The van der Waals surface area contributed by atoms with E-state index >= 15 is 0 Å². The molecule has 0 unspecified atom stereocenters. The van der Waals surface area contributed by atoms with Gasteiger partial charge < -0.3 is 4.90 Å². The molecule has 0 fully saturated rings. The molecule has 10 aromatic rings. The van der Waals surface area contributed by atoms with Crippen LogP contribution in [0.1, 0.15) is 0 Å². The molecule has 0 radical (unpaired) electrons. The molecule has 264 valence electrons. The highest BCUT2D eigenvalue weighted by Gasteiger charge is 2.25. The monoisotopic (exact) mass is 715 g/mol. The van der Waals surface area contributed by atoms with Crippen LogP contribution in [0.5, 0.6) is 0 Å². The van der Waals surface area contributed by atoms with Gasteiger partial charge in [-0.2, -0.15) is 5.10 Å². The summed E-state index contributed by atoms with van der Waals surface area (Å²) in [5.41, 5.74) is 15.4. The fourth-order valence-electron chi connectivity index (χ4n) is 8.10. The minimum absolute atomic E-state index is 0.953. The lowest BCUT2D eigenvalue weighted by Crippen LogP contribution is -2.12. The molecule has 0 amide bonds. The summed E-state index contributed by atoms with van der Waals surface area (Å²) in [4.78, 5) is 2.43. The maximum Gasteiger partial charge on any atom is 0.101 e. The third kappa shape index (κ3) is 5.83. The van der Waals surface area contributed by atoms with Gasteiger partial charge in [-0.05, 0) is 52.6 Å². The summed E-state index contributed by atoms with van der Waals surface area (Å²) in [6, 6.07) is 79.9. The average Bonchev–Trinajstić information content (AvgIpc) is 3.69. The van der Waals surface area contributed by atoms with E-state index in [9.17, 15) is 0 Å². The molecule has 56 heavy (non-hydrogen) atoms. The number of para-hydroxylation sites is 2. The lowest BCUT2D eigenvalue weighted by molar-refractivity contribution is 0.979. The Labute approximate surface area is 327 Å². The van der Waals surface area contributed by atoms with E-state index in [-0.39, 0.29) is 0 Å². The van der Waals surface area contributed by atoms with Gasteiger partial charge in [0, 0.05) is 38.7 Å². The van der Waals surface area contributed by atoms with Crippen LogP contribution in [0.25, 0.3) is 72.2 Å². The largest absolute Gasteiger partial charge is 0.309 e. The number of hydrogen-bond acceptors (Lipinski definition) is 2. The second-order valence-corrected chi connectivity index (χ2v) is 13.9. The lowest BCUT2D eigenvalue weighted by Gasteiger charge is -2.29. The molecule has 0 aliphatic heterocycles. The highest BCUT2D eigenvalue weighted by Crippen LogP contribution is 2.48. The van der Waals surface area contributed by atoms with Crippen LogP contribution in [0.15, 0.2) is 224 Å². The van der Waals surface area contributed by atoms with E-state index < -0.39 is 0 Å². The number of benzene rings is 8. The first-order chi connectivity index (χ1) is 27.8. The van der Waals surface area contributed by atoms with E-state index in [4.69, 9.17) is 5.10 Å². The molecular weight excluding hydrogens is 679 g/mol. The first-order valence-corrected chi connectivity index (χ1v) is 19.1. The number of rotatable bonds is 8. The molecule has 0 bridgehead atoms. The smallest absolute Gasteiger partial charge is 0.101 e. The Bertz CT molecular complexity index is 2940. The lowest BCUT2D eigenvalue weighted by atomic mass is 9.92. The van der Waals surface area contributed by atoms with Crippen LogP contribution < -0.4 is 4.90 Å². The fourth-order valence-corrected chi connectivity index (χ4v) is 8.10. The predicted octanol–water partition coefficient (Wildman–Crippen LogP) is 14.3. The van der Waals surface area contributed by atoms with Crippen LogP contribution in [-0.4, -0.2) is 9.61 Å². The van der Waals surface area contributed by atoms with Crippen molar-refractivity contribution in [2.45, 2.75) is 0 Å². The molecule has 0 aliphatic carbocycles. The van der Waals surface area contributed by atoms with Crippen LogP contribution in [0.3, 0.4) is 0 Å². The van der Waals surface area contributed by atoms with Crippen molar-refractivity contribution in [3.63, 3.8) is 0 Å². The molecule has 0 saturated carbocycles. The van der Waals surface area contributed by atoms with E-state index in [0.29, 0.717) is 0 Å². The van der Waals surface area contributed by atoms with Crippen molar-refractivity contribution in [1.29, 1.82) is 0 Å². The zero-order valence-electron chi connectivity index (χ0n) is 30.7. The third-order valence-corrected chi connectivity index (χ3v) is 10.6. The van der Waals surface area contributed by atoms with Crippen LogP contribution in [0.4, 0.5) is 17.1 Å². The van der Waals surface area contributed by atoms with E-state index in [1.165, 1.54) is 16.7 Å². The Balaban J connectivity index is 1.31. The standard InChI is InChI=1S/C53H37N3/c1-6-21-38(22-7-1)43-31-16-17-32-44(43)45-33-18-19-35-48(45)55(42-29-14-5-15-30-42)49-36-20-34-46-47(49)37-50(39-23-8-2-9-24-39)56-53(46)51(40-25-10-3-11-26-40)52(54-56)41-27-12-4-13-28-41/h1-37H. The van der Waals surface area contributed by atoms with Gasteiger partial charge in [-0.1, -0.05) is 194 Å². The highest BCUT2D eigenvalue weighted by atomic mass is 15.2. The SMILES string of the molecule is c1ccc(-c2ccccc2-c2ccccc2N(c2ccccc2)c2cccc3c2cc(-c2ccccc2)n2nc(-c4ccccc4)c(-c4ccccc4)c32)cc1. The molecule has 0 N–H and O–H groups in total. The van der Waals surface area contributed by atoms with Gasteiger partial charge in [0.25, 0.3) is 0 Å². The molecule has 3 nitrogen and oxygen atoms in total. The number of hydrogen-bond donors (Lipinski definition) is 0. The van der Waals surface area contributed by atoms with Crippen molar-refractivity contribution >= 4 is 33.4 Å². The van der Waals surface area contributed by atoms with Crippen molar-refractivity contribution in [2.24, 2.45) is 0 Å².